The number of rotatable bonds is 43. The van der Waals surface area contributed by atoms with E-state index >= 15 is 0 Å². The molecular formula is C54H90O6. The Labute approximate surface area is 369 Å². The topological polar surface area (TPSA) is 78.9 Å². The first-order valence-corrected chi connectivity index (χ1v) is 24.7. The summed E-state index contributed by atoms with van der Waals surface area (Å²) in [7, 11) is 0. The lowest BCUT2D eigenvalue weighted by Gasteiger charge is -2.18. The second kappa shape index (κ2) is 48.3. The number of hydrogen-bond donors (Lipinski definition) is 0. The summed E-state index contributed by atoms with van der Waals surface area (Å²) in [6.45, 7) is 6.38. The number of ether oxygens (including phenoxy) is 3. The summed E-state index contributed by atoms with van der Waals surface area (Å²) in [6.07, 6.45) is 61.4. The van der Waals surface area contributed by atoms with Crippen molar-refractivity contribution >= 4 is 17.9 Å². The molecule has 0 N–H and O–H groups in total. The molecule has 0 fully saturated rings. The van der Waals surface area contributed by atoms with Crippen LogP contribution in [0.2, 0.25) is 0 Å². The molecule has 1 unspecified atom stereocenters. The molecular weight excluding hydrogens is 745 g/mol. The van der Waals surface area contributed by atoms with E-state index in [0.29, 0.717) is 19.3 Å². The molecule has 342 valence electrons. The van der Waals surface area contributed by atoms with Gasteiger partial charge in [-0.05, 0) is 57.8 Å². The molecule has 0 bridgehead atoms. The SMILES string of the molecule is CC\C=C/C=C\C=C/C=C\C=C/CCCCCC(=O)OC(COC(=O)CCCCC/C=C\C=C/CCCC)COC(=O)CCCCCCCCCCCCCCCCCC. The normalized spacial score (nSPS) is 12.8. The fraction of sp³-hybridized carbons (Fsp3) is 0.685. The van der Waals surface area contributed by atoms with Gasteiger partial charge in [-0.2, -0.15) is 0 Å². The van der Waals surface area contributed by atoms with Gasteiger partial charge in [0.05, 0.1) is 0 Å². The van der Waals surface area contributed by atoms with Gasteiger partial charge in [0.2, 0.25) is 0 Å². The molecule has 6 nitrogen and oxygen atoms in total. The zero-order chi connectivity index (χ0) is 43.7. The van der Waals surface area contributed by atoms with Gasteiger partial charge in [-0.1, -0.05) is 228 Å². The summed E-state index contributed by atoms with van der Waals surface area (Å²) < 4.78 is 16.7. The Balaban J connectivity index is 4.47. The van der Waals surface area contributed by atoms with Crippen molar-refractivity contribution in [2.75, 3.05) is 13.2 Å². The monoisotopic (exact) mass is 835 g/mol. The van der Waals surface area contributed by atoms with Crippen molar-refractivity contribution in [1.82, 2.24) is 0 Å². The molecule has 0 saturated carbocycles. The van der Waals surface area contributed by atoms with Gasteiger partial charge in [0.25, 0.3) is 0 Å². The van der Waals surface area contributed by atoms with Gasteiger partial charge in [-0.3, -0.25) is 14.4 Å². The molecule has 1 atom stereocenters. The second-order valence-corrected chi connectivity index (χ2v) is 16.1. The van der Waals surface area contributed by atoms with Gasteiger partial charge < -0.3 is 14.2 Å². The Morgan fingerprint density at radius 2 is 0.667 bits per heavy atom. The first-order chi connectivity index (χ1) is 29.5. The average molecular weight is 835 g/mol. The standard InChI is InChI=1S/C54H90O6/c1-4-7-10-13-16-19-22-24-26-28-29-32-35-38-41-44-47-53(56)59-50-51(49-58-52(55)46-43-40-37-34-31-21-18-15-12-9-6-3)60-54(57)48-45-42-39-36-33-30-27-25-23-20-17-14-11-8-5-2/h8,11,14-15,17-18,20-21,23,25,27,30-31,33,51H,4-7,9-10,12-13,16,19,22,24,26,28-29,32,34-50H2,1-3H3/b11-8-,17-14-,18-15-,23-20-,27-25-,31-21-,33-30-. The number of unbranched alkanes of at least 4 members (excludes halogenated alkanes) is 23. The van der Waals surface area contributed by atoms with Crippen LogP contribution >= 0.6 is 0 Å². The minimum Gasteiger partial charge on any atom is -0.462 e. The second-order valence-electron chi connectivity index (χ2n) is 16.1. The fourth-order valence-corrected chi connectivity index (χ4v) is 6.56. The predicted octanol–water partition coefficient (Wildman–Crippen LogP) is 16.0. The van der Waals surface area contributed by atoms with Gasteiger partial charge in [0.15, 0.2) is 6.10 Å². The Morgan fingerprint density at radius 3 is 1.08 bits per heavy atom. The first-order valence-electron chi connectivity index (χ1n) is 24.7. The summed E-state index contributed by atoms with van der Waals surface area (Å²) >= 11 is 0. The number of hydrogen-bond acceptors (Lipinski definition) is 6. The molecule has 0 aliphatic carbocycles. The van der Waals surface area contributed by atoms with Crippen LogP contribution in [0.4, 0.5) is 0 Å². The largest absolute Gasteiger partial charge is 0.462 e. The summed E-state index contributed by atoms with van der Waals surface area (Å²) in [5.41, 5.74) is 0. The Morgan fingerprint density at radius 1 is 0.350 bits per heavy atom. The summed E-state index contributed by atoms with van der Waals surface area (Å²) in [5.74, 6) is -0.975. The molecule has 0 spiro atoms. The molecule has 0 heterocycles. The van der Waals surface area contributed by atoms with Crippen molar-refractivity contribution in [2.24, 2.45) is 0 Å². The van der Waals surface area contributed by atoms with Crippen molar-refractivity contribution in [2.45, 2.75) is 226 Å². The van der Waals surface area contributed by atoms with Crippen LogP contribution in [0.25, 0.3) is 0 Å². The van der Waals surface area contributed by atoms with E-state index in [2.05, 4.69) is 57.2 Å². The van der Waals surface area contributed by atoms with Crippen molar-refractivity contribution in [1.29, 1.82) is 0 Å². The van der Waals surface area contributed by atoms with Crippen molar-refractivity contribution in [3.63, 3.8) is 0 Å². The predicted molar refractivity (Wildman–Crippen MR) is 256 cm³/mol. The van der Waals surface area contributed by atoms with E-state index in [0.717, 1.165) is 77.0 Å². The van der Waals surface area contributed by atoms with Gasteiger partial charge in [0.1, 0.15) is 13.2 Å². The van der Waals surface area contributed by atoms with Crippen LogP contribution in [0.1, 0.15) is 220 Å². The Bertz CT molecular complexity index is 1190. The maximum atomic E-state index is 12.7. The van der Waals surface area contributed by atoms with Crippen LogP contribution in [0.15, 0.2) is 85.1 Å². The van der Waals surface area contributed by atoms with Gasteiger partial charge >= 0.3 is 17.9 Å². The third kappa shape index (κ3) is 45.7. The number of esters is 3. The van der Waals surface area contributed by atoms with Crippen LogP contribution in [-0.4, -0.2) is 37.2 Å². The lowest BCUT2D eigenvalue weighted by atomic mass is 10.0. The van der Waals surface area contributed by atoms with E-state index in [-0.39, 0.29) is 37.5 Å². The van der Waals surface area contributed by atoms with Crippen LogP contribution in [-0.2, 0) is 28.6 Å². The van der Waals surface area contributed by atoms with E-state index in [1.54, 1.807) is 0 Å². The highest BCUT2D eigenvalue weighted by Gasteiger charge is 2.19. The molecule has 0 aliphatic rings. The van der Waals surface area contributed by atoms with E-state index in [4.69, 9.17) is 14.2 Å². The lowest BCUT2D eigenvalue weighted by Crippen LogP contribution is -2.30. The quantitative estimate of drug-likeness (QED) is 0.0263. The number of allylic oxidation sites excluding steroid dienone is 14. The maximum Gasteiger partial charge on any atom is 0.306 e. The van der Waals surface area contributed by atoms with Crippen LogP contribution < -0.4 is 0 Å². The van der Waals surface area contributed by atoms with Crippen LogP contribution in [0, 0.1) is 0 Å². The first kappa shape index (κ1) is 56.6. The molecule has 0 saturated heterocycles. The van der Waals surface area contributed by atoms with Gasteiger partial charge in [0, 0.05) is 19.3 Å². The fourth-order valence-electron chi connectivity index (χ4n) is 6.56. The zero-order valence-corrected chi connectivity index (χ0v) is 38.9. The smallest absolute Gasteiger partial charge is 0.306 e. The van der Waals surface area contributed by atoms with E-state index in [1.165, 1.54) is 96.3 Å². The average Bonchev–Trinajstić information content (AvgIpc) is 3.24. The molecule has 0 amide bonds. The van der Waals surface area contributed by atoms with Crippen molar-refractivity contribution in [3.05, 3.63) is 85.1 Å². The van der Waals surface area contributed by atoms with E-state index in [9.17, 15) is 14.4 Å². The Kier molecular flexibility index (Phi) is 45.5. The van der Waals surface area contributed by atoms with Crippen molar-refractivity contribution < 1.29 is 28.6 Å². The molecule has 0 aliphatic heterocycles. The molecule has 0 rings (SSSR count). The minimum atomic E-state index is -0.807. The minimum absolute atomic E-state index is 0.102. The molecule has 60 heavy (non-hydrogen) atoms. The lowest BCUT2D eigenvalue weighted by molar-refractivity contribution is -0.167. The highest BCUT2D eigenvalue weighted by Crippen LogP contribution is 2.15. The number of carbonyl (C=O) groups is 3. The van der Waals surface area contributed by atoms with Crippen molar-refractivity contribution in [3.8, 4) is 0 Å². The maximum absolute atomic E-state index is 12.7. The molecule has 0 aromatic heterocycles. The van der Waals surface area contributed by atoms with Crippen LogP contribution in [0.3, 0.4) is 0 Å². The highest BCUT2D eigenvalue weighted by atomic mass is 16.6. The molecule has 0 radical (unpaired) electrons. The summed E-state index contributed by atoms with van der Waals surface area (Å²) in [4.78, 5) is 37.9. The number of carbonyl (C=O) groups excluding carboxylic acids is 3. The third-order valence-corrected chi connectivity index (χ3v) is 10.3. The third-order valence-electron chi connectivity index (χ3n) is 10.3. The molecule has 0 aromatic rings. The van der Waals surface area contributed by atoms with Crippen LogP contribution in [0.5, 0.6) is 0 Å². The summed E-state index contributed by atoms with van der Waals surface area (Å²) in [5, 5.41) is 0. The Hall–Kier alpha value is -3.41. The van der Waals surface area contributed by atoms with E-state index in [1.807, 2.05) is 48.6 Å². The zero-order valence-electron chi connectivity index (χ0n) is 38.9. The van der Waals surface area contributed by atoms with E-state index < -0.39 is 6.10 Å². The molecule has 0 aromatic carbocycles. The van der Waals surface area contributed by atoms with Gasteiger partial charge in [-0.15, -0.1) is 0 Å². The summed E-state index contributed by atoms with van der Waals surface area (Å²) in [6, 6.07) is 0. The molecule has 6 heteroatoms. The highest BCUT2D eigenvalue weighted by molar-refractivity contribution is 5.71. The van der Waals surface area contributed by atoms with Gasteiger partial charge in [-0.25, -0.2) is 0 Å².